The lowest BCUT2D eigenvalue weighted by atomic mass is 9.92. The van der Waals surface area contributed by atoms with Gasteiger partial charge in [-0.25, -0.2) is 0 Å². The lowest BCUT2D eigenvalue weighted by Gasteiger charge is -2.31. The van der Waals surface area contributed by atoms with Gasteiger partial charge in [-0.3, -0.25) is 0 Å². The highest BCUT2D eigenvalue weighted by molar-refractivity contribution is 5.39. The van der Waals surface area contributed by atoms with E-state index >= 15 is 0 Å². The molecule has 0 spiro atoms. The van der Waals surface area contributed by atoms with Gasteiger partial charge in [0, 0.05) is 18.2 Å². The van der Waals surface area contributed by atoms with Crippen molar-refractivity contribution in [1.29, 1.82) is 0 Å². The molecule has 3 heteroatoms. The van der Waals surface area contributed by atoms with E-state index in [0.29, 0.717) is 0 Å². The fourth-order valence-electron chi connectivity index (χ4n) is 2.44. The Labute approximate surface area is 117 Å². The maximum atomic E-state index is 9.48. The van der Waals surface area contributed by atoms with Crippen LogP contribution in [-0.2, 0) is 0 Å². The molecule has 0 fully saturated rings. The van der Waals surface area contributed by atoms with Crippen molar-refractivity contribution in [3.05, 3.63) is 29.3 Å². The van der Waals surface area contributed by atoms with Gasteiger partial charge in [0.25, 0.3) is 0 Å². The topological polar surface area (TPSA) is 32.7 Å². The first-order valence-electron chi connectivity index (χ1n) is 7.01. The highest BCUT2D eigenvalue weighted by atomic mass is 16.5. The summed E-state index contributed by atoms with van der Waals surface area (Å²) in [6.45, 7) is 7.15. The molecule has 1 aromatic carbocycles. The molecule has 0 heterocycles. The summed E-state index contributed by atoms with van der Waals surface area (Å²) in [5.74, 6) is 1.10. The van der Waals surface area contributed by atoms with Crippen molar-refractivity contribution in [2.75, 3.05) is 27.3 Å². The minimum atomic E-state index is 0.164. The number of ether oxygens (including phenoxy) is 1. The number of rotatable bonds is 7. The highest BCUT2D eigenvalue weighted by Crippen LogP contribution is 2.34. The molecule has 1 rings (SSSR count). The minimum absolute atomic E-state index is 0.164. The number of benzene rings is 1. The van der Waals surface area contributed by atoms with Crippen molar-refractivity contribution in [2.45, 2.75) is 33.2 Å². The standard InChI is InChI=1S/C16H27NO2/c1-6-9-19-15-8-7-12(2)10-14(15)16(17(4)5)13(3)11-18/h7-8,10,13,16,18H,6,9,11H2,1-5H3. The first-order chi connectivity index (χ1) is 9.01. The average molecular weight is 265 g/mol. The summed E-state index contributed by atoms with van der Waals surface area (Å²) in [6.07, 6.45) is 0.996. The van der Waals surface area contributed by atoms with Crippen LogP contribution in [0.3, 0.4) is 0 Å². The highest BCUT2D eigenvalue weighted by Gasteiger charge is 2.24. The summed E-state index contributed by atoms with van der Waals surface area (Å²) in [5.41, 5.74) is 2.39. The van der Waals surface area contributed by atoms with Gasteiger partial charge in [0.15, 0.2) is 0 Å². The summed E-state index contributed by atoms with van der Waals surface area (Å²) in [5, 5.41) is 9.48. The van der Waals surface area contributed by atoms with Gasteiger partial charge in [-0.05, 0) is 39.4 Å². The van der Waals surface area contributed by atoms with Crippen LogP contribution in [0.5, 0.6) is 5.75 Å². The summed E-state index contributed by atoms with van der Waals surface area (Å²) in [6, 6.07) is 6.45. The first-order valence-corrected chi connectivity index (χ1v) is 7.01. The Morgan fingerprint density at radius 1 is 1.32 bits per heavy atom. The van der Waals surface area contributed by atoms with Crippen LogP contribution in [0.2, 0.25) is 0 Å². The molecule has 0 amide bonds. The fraction of sp³-hybridized carbons (Fsp3) is 0.625. The molecule has 0 saturated carbocycles. The second kappa shape index (κ2) is 7.51. The van der Waals surface area contributed by atoms with E-state index < -0.39 is 0 Å². The lowest BCUT2D eigenvalue weighted by molar-refractivity contribution is 0.142. The maximum Gasteiger partial charge on any atom is 0.124 e. The zero-order valence-electron chi connectivity index (χ0n) is 12.8. The average Bonchev–Trinajstić information content (AvgIpc) is 2.37. The largest absolute Gasteiger partial charge is 0.493 e. The number of hydrogen-bond donors (Lipinski definition) is 1. The first kappa shape index (κ1) is 16.0. The molecule has 0 aliphatic heterocycles. The summed E-state index contributed by atoms with van der Waals surface area (Å²) >= 11 is 0. The number of aryl methyl sites for hydroxylation is 1. The van der Waals surface area contributed by atoms with Crippen molar-refractivity contribution in [2.24, 2.45) is 5.92 Å². The van der Waals surface area contributed by atoms with Crippen molar-refractivity contribution >= 4 is 0 Å². The van der Waals surface area contributed by atoms with Crippen LogP contribution in [0.15, 0.2) is 18.2 Å². The van der Waals surface area contributed by atoms with Gasteiger partial charge in [0.1, 0.15) is 5.75 Å². The second-order valence-electron chi connectivity index (χ2n) is 5.46. The molecule has 1 aromatic rings. The van der Waals surface area contributed by atoms with E-state index in [-0.39, 0.29) is 18.6 Å². The Morgan fingerprint density at radius 2 is 2.00 bits per heavy atom. The number of aliphatic hydroxyl groups excluding tert-OH is 1. The Kier molecular flexibility index (Phi) is 6.32. The fourth-order valence-corrected chi connectivity index (χ4v) is 2.44. The molecule has 108 valence electrons. The van der Waals surface area contributed by atoms with E-state index in [2.05, 4.69) is 37.8 Å². The van der Waals surface area contributed by atoms with Crippen LogP contribution < -0.4 is 4.74 Å². The molecular formula is C16H27NO2. The maximum absolute atomic E-state index is 9.48. The molecule has 2 atom stereocenters. The Bertz CT molecular complexity index is 390. The van der Waals surface area contributed by atoms with Gasteiger partial charge in [0.2, 0.25) is 0 Å². The van der Waals surface area contributed by atoms with E-state index in [1.54, 1.807) is 0 Å². The van der Waals surface area contributed by atoms with Gasteiger partial charge >= 0.3 is 0 Å². The molecule has 0 aliphatic carbocycles. The Hall–Kier alpha value is -1.06. The molecule has 2 unspecified atom stereocenters. The van der Waals surface area contributed by atoms with Gasteiger partial charge in [-0.1, -0.05) is 31.5 Å². The zero-order valence-corrected chi connectivity index (χ0v) is 12.8. The Morgan fingerprint density at radius 3 is 2.53 bits per heavy atom. The third kappa shape index (κ3) is 4.22. The van der Waals surface area contributed by atoms with E-state index in [9.17, 15) is 5.11 Å². The predicted molar refractivity (Wildman–Crippen MR) is 79.6 cm³/mol. The monoisotopic (exact) mass is 265 g/mol. The predicted octanol–water partition coefficient (Wildman–Crippen LogP) is 3.01. The summed E-state index contributed by atoms with van der Waals surface area (Å²) in [4.78, 5) is 2.15. The van der Waals surface area contributed by atoms with Gasteiger partial charge < -0.3 is 14.7 Å². The van der Waals surface area contributed by atoms with Crippen molar-refractivity contribution in [1.82, 2.24) is 4.90 Å². The molecular weight excluding hydrogens is 238 g/mol. The molecule has 0 aliphatic rings. The molecule has 0 bridgehead atoms. The lowest BCUT2D eigenvalue weighted by Crippen LogP contribution is -2.28. The van der Waals surface area contributed by atoms with Crippen LogP contribution in [0.4, 0.5) is 0 Å². The van der Waals surface area contributed by atoms with Gasteiger partial charge in [-0.15, -0.1) is 0 Å². The van der Waals surface area contributed by atoms with Gasteiger partial charge in [-0.2, -0.15) is 0 Å². The van der Waals surface area contributed by atoms with Crippen LogP contribution in [0.25, 0.3) is 0 Å². The van der Waals surface area contributed by atoms with E-state index in [1.165, 1.54) is 11.1 Å². The molecule has 0 radical (unpaired) electrons. The van der Waals surface area contributed by atoms with Crippen LogP contribution in [-0.4, -0.2) is 37.3 Å². The number of aliphatic hydroxyl groups is 1. The number of nitrogens with zero attached hydrogens (tertiary/aromatic N) is 1. The Balaban J connectivity index is 3.15. The molecule has 3 nitrogen and oxygen atoms in total. The van der Waals surface area contributed by atoms with Crippen molar-refractivity contribution in [3.63, 3.8) is 0 Å². The second-order valence-corrected chi connectivity index (χ2v) is 5.46. The molecule has 1 N–H and O–H groups in total. The molecule has 0 aromatic heterocycles. The third-order valence-corrected chi connectivity index (χ3v) is 3.33. The SMILES string of the molecule is CCCOc1ccc(C)cc1C(C(C)CO)N(C)C. The van der Waals surface area contributed by atoms with Crippen molar-refractivity contribution < 1.29 is 9.84 Å². The normalized spacial score (nSPS) is 14.5. The molecule has 19 heavy (non-hydrogen) atoms. The minimum Gasteiger partial charge on any atom is -0.493 e. The van der Waals surface area contributed by atoms with Crippen molar-refractivity contribution in [3.8, 4) is 5.75 Å². The van der Waals surface area contributed by atoms with Crippen LogP contribution in [0.1, 0.15) is 37.4 Å². The van der Waals surface area contributed by atoms with E-state index in [1.807, 2.05) is 20.2 Å². The quantitative estimate of drug-likeness (QED) is 0.822. The smallest absolute Gasteiger partial charge is 0.124 e. The number of hydrogen-bond acceptors (Lipinski definition) is 3. The zero-order chi connectivity index (χ0) is 14.4. The summed E-state index contributed by atoms with van der Waals surface area (Å²) < 4.78 is 5.86. The van der Waals surface area contributed by atoms with Crippen LogP contribution >= 0.6 is 0 Å². The van der Waals surface area contributed by atoms with E-state index in [0.717, 1.165) is 18.8 Å². The van der Waals surface area contributed by atoms with E-state index in [4.69, 9.17) is 4.74 Å². The van der Waals surface area contributed by atoms with Gasteiger partial charge in [0.05, 0.1) is 6.61 Å². The summed E-state index contributed by atoms with van der Waals surface area (Å²) in [7, 11) is 4.09. The molecule has 0 saturated heterocycles. The van der Waals surface area contributed by atoms with Crippen LogP contribution in [0, 0.1) is 12.8 Å². The third-order valence-electron chi connectivity index (χ3n) is 3.33.